The number of hydrogen-bond donors (Lipinski definition) is 1. The van der Waals surface area contributed by atoms with E-state index in [0.717, 1.165) is 5.69 Å². The van der Waals surface area contributed by atoms with E-state index >= 15 is 0 Å². The smallest absolute Gasteiger partial charge is 0.246 e. The summed E-state index contributed by atoms with van der Waals surface area (Å²) in [6.07, 6.45) is 0. The summed E-state index contributed by atoms with van der Waals surface area (Å²) in [7, 11) is -2.07. The lowest BCUT2D eigenvalue weighted by atomic mass is 10.4. The minimum Gasteiger partial charge on any atom is -0.464 e. The van der Waals surface area contributed by atoms with E-state index in [1.807, 2.05) is 5.38 Å². The van der Waals surface area contributed by atoms with Gasteiger partial charge in [-0.15, -0.1) is 11.3 Å². The van der Waals surface area contributed by atoms with E-state index in [1.54, 1.807) is 12.4 Å². The van der Waals surface area contributed by atoms with Gasteiger partial charge in [0, 0.05) is 18.5 Å². The lowest BCUT2D eigenvalue weighted by Crippen LogP contribution is -2.26. The van der Waals surface area contributed by atoms with Crippen molar-refractivity contribution in [2.24, 2.45) is 5.73 Å². The maximum absolute atomic E-state index is 12.4. The second-order valence-corrected chi connectivity index (χ2v) is 6.81. The van der Waals surface area contributed by atoms with Gasteiger partial charge in [0.05, 0.1) is 24.3 Å². The fourth-order valence-electron chi connectivity index (χ4n) is 1.68. The molecular weight excluding hydrogens is 286 g/mol. The SMILES string of the molecule is Cc1oc(CN)cc1S(=O)(=O)N(C)Cc1cscn1. The van der Waals surface area contributed by atoms with Crippen LogP contribution in [0, 0.1) is 6.92 Å². The van der Waals surface area contributed by atoms with Crippen molar-refractivity contribution < 1.29 is 12.8 Å². The van der Waals surface area contributed by atoms with Gasteiger partial charge in [0.15, 0.2) is 0 Å². The van der Waals surface area contributed by atoms with Gasteiger partial charge in [-0.3, -0.25) is 0 Å². The van der Waals surface area contributed by atoms with Crippen molar-refractivity contribution in [3.05, 3.63) is 34.2 Å². The van der Waals surface area contributed by atoms with Crippen molar-refractivity contribution in [2.75, 3.05) is 7.05 Å². The van der Waals surface area contributed by atoms with Crippen LogP contribution >= 0.6 is 11.3 Å². The Hall–Kier alpha value is -1.22. The van der Waals surface area contributed by atoms with Crippen LogP contribution < -0.4 is 5.73 Å². The minimum atomic E-state index is -3.59. The summed E-state index contributed by atoms with van der Waals surface area (Å²) in [6, 6.07) is 1.47. The molecule has 0 atom stereocenters. The van der Waals surface area contributed by atoms with Gasteiger partial charge in [-0.05, 0) is 6.92 Å². The van der Waals surface area contributed by atoms with Crippen molar-refractivity contribution in [3.8, 4) is 0 Å². The van der Waals surface area contributed by atoms with Crippen LogP contribution in [0.2, 0.25) is 0 Å². The number of sulfonamides is 1. The number of furan rings is 1. The summed E-state index contributed by atoms with van der Waals surface area (Å²) in [4.78, 5) is 4.23. The quantitative estimate of drug-likeness (QED) is 0.899. The Bertz CT molecular complexity index is 647. The van der Waals surface area contributed by atoms with E-state index in [1.165, 1.54) is 28.8 Å². The monoisotopic (exact) mass is 301 g/mol. The highest BCUT2D eigenvalue weighted by Crippen LogP contribution is 2.23. The molecule has 0 aromatic carbocycles. The van der Waals surface area contributed by atoms with Gasteiger partial charge in [-0.25, -0.2) is 13.4 Å². The van der Waals surface area contributed by atoms with Crippen LogP contribution in [0.25, 0.3) is 0 Å². The Balaban J connectivity index is 2.28. The van der Waals surface area contributed by atoms with Crippen LogP contribution in [0.1, 0.15) is 17.2 Å². The molecular formula is C11H15N3O3S2. The number of aromatic nitrogens is 1. The van der Waals surface area contributed by atoms with Crippen molar-refractivity contribution in [1.82, 2.24) is 9.29 Å². The Labute approximate surface area is 115 Å². The number of aryl methyl sites for hydroxylation is 1. The Morgan fingerprint density at radius 2 is 2.26 bits per heavy atom. The highest BCUT2D eigenvalue weighted by atomic mass is 32.2. The maximum Gasteiger partial charge on any atom is 0.246 e. The summed E-state index contributed by atoms with van der Waals surface area (Å²) in [5.41, 5.74) is 7.84. The van der Waals surface area contributed by atoms with E-state index in [-0.39, 0.29) is 18.0 Å². The lowest BCUT2D eigenvalue weighted by Gasteiger charge is -2.15. The van der Waals surface area contributed by atoms with Crippen molar-refractivity contribution in [1.29, 1.82) is 0 Å². The Kier molecular flexibility index (Phi) is 4.04. The Morgan fingerprint density at radius 3 is 2.79 bits per heavy atom. The molecule has 104 valence electrons. The molecule has 2 N–H and O–H groups in total. The maximum atomic E-state index is 12.4. The molecule has 2 aromatic rings. The van der Waals surface area contributed by atoms with Crippen LogP contribution in [0.15, 0.2) is 26.3 Å². The highest BCUT2D eigenvalue weighted by Gasteiger charge is 2.26. The molecule has 0 aliphatic carbocycles. The van der Waals surface area contributed by atoms with Crippen molar-refractivity contribution in [3.63, 3.8) is 0 Å². The summed E-state index contributed by atoms with van der Waals surface area (Å²) in [5.74, 6) is 0.809. The fourth-order valence-corrected chi connectivity index (χ4v) is 3.55. The molecule has 0 unspecified atom stereocenters. The zero-order chi connectivity index (χ0) is 14.0. The third-order valence-corrected chi connectivity index (χ3v) is 5.23. The van der Waals surface area contributed by atoms with Gasteiger partial charge in [0.2, 0.25) is 10.0 Å². The van der Waals surface area contributed by atoms with Gasteiger partial charge in [-0.2, -0.15) is 4.31 Å². The van der Waals surface area contributed by atoms with Crippen LogP contribution in [0.4, 0.5) is 0 Å². The average Bonchev–Trinajstić information content (AvgIpc) is 2.98. The molecule has 0 bridgehead atoms. The molecule has 0 radical (unpaired) electrons. The van der Waals surface area contributed by atoms with Gasteiger partial charge in [-0.1, -0.05) is 0 Å². The molecule has 0 aliphatic heterocycles. The molecule has 8 heteroatoms. The van der Waals surface area contributed by atoms with Crippen LogP contribution in [-0.4, -0.2) is 24.8 Å². The molecule has 0 spiro atoms. The first-order valence-corrected chi connectivity index (χ1v) is 7.96. The third kappa shape index (κ3) is 2.86. The average molecular weight is 301 g/mol. The second kappa shape index (κ2) is 5.41. The van der Waals surface area contributed by atoms with Gasteiger partial charge in [0.1, 0.15) is 16.4 Å². The Morgan fingerprint density at radius 1 is 1.53 bits per heavy atom. The number of nitrogens with two attached hydrogens (primary N) is 1. The molecule has 6 nitrogen and oxygen atoms in total. The van der Waals surface area contributed by atoms with E-state index in [2.05, 4.69) is 4.98 Å². The summed E-state index contributed by atoms with van der Waals surface area (Å²) >= 11 is 1.43. The largest absolute Gasteiger partial charge is 0.464 e. The number of nitrogens with zero attached hydrogens (tertiary/aromatic N) is 2. The topological polar surface area (TPSA) is 89.4 Å². The standard InChI is InChI=1S/C11H15N3O3S2/c1-8-11(3-10(4-12)17-8)19(15,16)14(2)5-9-6-18-7-13-9/h3,6-7H,4-5,12H2,1-2H3. The zero-order valence-corrected chi connectivity index (χ0v) is 12.3. The van der Waals surface area contributed by atoms with Crippen molar-refractivity contribution in [2.45, 2.75) is 24.9 Å². The number of rotatable bonds is 5. The zero-order valence-electron chi connectivity index (χ0n) is 10.7. The molecule has 0 fully saturated rings. The number of hydrogen-bond acceptors (Lipinski definition) is 6. The molecule has 2 rings (SSSR count). The molecule has 2 aromatic heterocycles. The van der Waals surface area contributed by atoms with E-state index in [0.29, 0.717) is 11.5 Å². The van der Waals surface area contributed by atoms with E-state index in [9.17, 15) is 8.42 Å². The summed E-state index contributed by atoms with van der Waals surface area (Å²) < 4.78 is 31.4. The summed E-state index contributed by atoms with van der Waals surface area (Å²) in [6.45, 7) is 2.02. The predicted molar refractivity (Wildman–Crippen MR) is 72.1 cm³/mol. The first-order valence-electron chi connectivity index (χ1n) is 5.58. The predicted octanol–water partition coefficient (Wildman–Crippen LogP) is 1.32. The minimum absolute atomic E-state index is 0.158. The van der Waals surface area contributed by atoms with Crippen LogP contribution in [0.5, 0.6) is 0 Å². The van der Waals surface area contributed by atoms with Gasteiger partial charge in [0.25, 0.3) is 0 Å². The van der Waals surface area contributed by atoms with Crippen LogP contribution in [-0.2, 0) is 23.1 Å². The third-order valence-electron chi connectivity index (χ3n) is 2.68. The first-order chi connectivity index (χ1) is 8.95. The molecule has 0 aliphatic rings. The first kappa shape index (κ1) is 14.2. The molecule has 19 heavy (non-hydrogen) atoms. The second-order valence-electron chi connectivity index (χ2n) is 4.08. The summed E-state index contributed by atoms with van der Waals surface area (Å²) in [5, 5.41) is 1.82. The molecule has 0 saturated carbocycles. The van der Waals surface area contributed by atoms with Crippen LogP contribution in [0.3, 0.4) is 0 Å². The molecule has 2 heterocycles. The molecule has 0 saturated heterocycles. The van der Waals surface area contributed by atoms with E-state index < -0.39 is 10.0 Å². The van der Waals surface area contributed by atoms with Crippen molar-refractivity contribution >= 4 is 21.4 Å². The lowest BCUT2D eigenvalue weighted by molar-refractivity contribution is 0.454. The van der Waals surface area contributed by atoms with Gasteiger partial charge < -0.3 is 10.2 Å². The molecule has 0 amide bonds. The van der Waals surface area contributed by atoms with E-state index in [4.69, 9.17) is 10.2 Å². The normalized spacial score (nSPS) is 12.2. The fraction of sp³-hybridized carbons (Fsp3) is 0.364. The van der Waals surface area contributed by atoms with Gasteiger partial charge >= 0.3 is 0 Å². The highest BCUT2D eigenvalue weighted by molar-refractivity contribution is 7.89. The number of thiazole rings is 1.